The van der Waals surface area contributed by atoms with Gasteiger partial charge in [0.1, 0.15) is 5.75 Å². The lowest BCUT2D eigenvalue weighted by molar-refractivity contribution is 0.0621. The number of carbonyl (C=O) groups is 1. The van der Waals surface area contributed by atoms with Crippen molar-refractivity contribution >= 4 is 11.6 Å². The van der Waals surface area contributed by atoms with Crippen molar-refractivity contribution in [3.63, 3.8) is 0 Å². The van der Waals surface area contributed by atoms with Crippen molar-refractivity contribution in [3.05, 3.63) is 23.8 Å². The van der Waals surface area contributed by atoms with Crippen LogP contribution in [0, 0.1) is 5.92 Å². The van der Waals surface area contributed by atoms with Gasteiger partial charge in [-0.05, 0) is 37.0 Å². The highest BCUT2D eigenvalue weighted by atomic mass is 16.5. The summed E-state index contributed by atoms with van der Waals surface area (Å²) in [7, 11) is 1.56. The molecule has 2 rings (SSSR count). The molecule has 0 aliphatic carbocycles. The van der Waals surface area contributed by atoms with E-state index in [0.717, 1.165) is 12.8 Å². The van der Waals surface area contributed by atoms with Crippen LogP contribution in [0.3, 0.4) is 0 Å². The number of benzene rings is 1. The van der Waals surface area contributed by atoms with Gasteiger partial charge in [0, 0.05) is 25.4 Å². The van der Waals surface area contributed by atoms with E-state index in [9.17, 15) is 9.90 Å². The largest absolute Gasteiger partial charge is 0.497 e. The Labute approximate surface area is 113 Å². The van der Waals surface area contributed by atoms with E-state index in [-0.39, 0.29) is 18.4 Å². The van der Waals surface area contributed by atoms with Gasteiger partial charge in [0.15, 0.2) is 0 Å². The smallest absolute Gasteiger partial charge is 0.256 e. The number of nitrogen functional groups attached to an aromatic ring is 1. The maximum atomic E-state index is 12.5. The van der Waals surface area contributed by atoms with E-state index in [4.69, 9.17) is 10.5 Å². The van der Waals surface area contributed by atoms with E-state index in [1.165, 1.54) is 0 Å². The molecule has 1 unspecified atom stereocenters. The fourth-order valence-electron chi connectivity index (χ4n) is 2.42. The first-order valence-electron chi connectivity index (χ1n) is 6.49. The molecule has 5 heteroatoms. The van der Waals surface area contributed by atoms with Crippen LogP contribution in [0.5, 0.6) is 5.75 Å². The van der Waals surface area contributed by atoms with Gasteiger partial charge in [0.2, 0.25) is 0 Å². The van der Waals surface area contributed by atoms with Crippen molar-refractivity contribution in [2.45, 2.75) is 12.8 Å². The lowest BCUT2D eigenvalue weighted by Crippen LogP contribution is -2.41. The predicted octanol–water partition coefficient (Wildman–Crippen LogP) is 1.12. The number of anilines is 1. The van der Waals surface area contributed by atoms with Gasteiger partial charge in [0.25, 0.3) is 5.91 Å². The van der Waals surface area contributed by atoms with Crippen LogP contribution >= 0.6 is 0 Å². The summed E-state index contributed by atoms with van der Waals surface area (Å²) in [5, 5.41) is 9.22. The Kier molecular flexibility index (Phi) is 4.27. The van der Waals surface area contributed by atoms with Crippen LogP contribution in [0.1, 0.15) is 23.2 Å². The van der Waals surface area contributed by atoms with Crippen LogP contribution in [-0.2, 0) is 0 Å². The number of nitrogens with two attached hydrogens (primary N) is 1. The van der Waals surface area contributed by atoms with E-state index < -0.39 is 0 Å². The summed E-state index contributed by atoms with van der Waals surface area (Å²) in [6.45, 7) is 1.43. The maximum absolute atomic E-state index is 12.5. The van der Waals surface area contributed by atoms with Gasteiger partial charge < -0.3 is 20.5 Å². The molecule has 1 aromatic rings. The molecular weight excluding hydrogens is 244 g/mol. The van der Waals surface area contributed by atoms with Crippen LogP contribution in [0.4, 0.5) is 5.69 Å². The standard InChI is InChI=1S/C14H20N2O3/c1-19-11-4-5-13(15)12(7-11)14(18)16-6-2-3-10(8-16)9-17/h4-5,7,10,17H,2-3,6,8-9,15H2,1H3. The third-order valence-corrected chi connectivity index (χ3v) is 3.56. The number of amides is 1. The number of aliphatic hydroxyl groups is 1. The molecule has 0 spiro atoms. The first-order chi connectivity index (χ1) is 9.15. The Bertz CT molecular complexity index is 462. The molecule has 19 heavy (non-hydrogen) atoms. The maximum Gasteiger partial charge on any atom is 0.256 e. The molecule has 1 aromatic carbocycles. The molecule has 1 aliphatic heterocycles. The Morgan fingerprint density at radius 2 is 2.37 bits per heavy atom. The van der Waals surface area contributed by atoms with Crippen LogP contribution in [-0.4, -0.2) is 42.7 Å². The number of hydrogen-bond donors (Lipinski definition) is 2. The number of methoxy groups -OCH3 is 1. The van der Waals surface area contributed by atoms with Crippen LogP contribution in [0.15, 0.2) is 18.2 Å². The zero-order chi connectivity index (χ0) is 13.8. The number of rotatable bonds is 3. The highest BCUT2D eigenvalue weighted by molar-refractivity contribution is 5.99. The Hall–Kier alpha value is -1.75. The van der Waals surface area contributed by atoms with Crippen molar-refractivity contribution < 1.29 is 14.6 Å². The summed E-state index contributed by atoms with van der Waals surface area (Å²) in [6.07, 6.45) is 1.88. The molecule has 0 saturated carbocycles. The summed E-state index contributed by atoms with van der Waals surface area (Å²) in [6, 6.07) is 5.08. The normalized spacial score (nSPS) is 19.3. The molecule has 1 heterocycles. The Morgan fingerprint density at radius 1 is 1.58 bits per heavy atom. The quantitative estimate of drug-likeness (QED) is 0.802. The average Bonchev–Trinajstić information content (AvgIpc) is 2.47. The molecule has 0 bridgehead atoms. The minimum Gasteiger partial charge on any atom is -0.497 e. The summed E-state index contributed by atoms with van der Waals surface area (Å²) in [4.78, 5) is 14.2. The molecule has 1 atom stereocenters. The van der Waals surface area contributed by atoms with Crippen LogP contribution in [0.25, 0.3) is 0 Å². The average molecular weight is 264 g/mol. The van der Waals surface area contributed by atoms with E-state index in [2.05, 4.69) is 0 Å². The lowest BCUT2D eigenvalue weighted by Gasteiger charge is -2.32. The molecule has 1 amide bonds. The number of ether oxygens (including phenoxy) is 1. The van der Waals surface area contributed by atoms with Gasteiger partial charge in [-0.1, -0.05) is 0 Å². The minimum absolute atomic E-state index is 0.0884. The van der Waals surface area contributed by atoms with Crippen molar-refractivity contribution in [2.75, 3.05) is 32.5 Å². The molecule has 5 nitrogen and oxygen atoms in total. The second-order valence-corrected chi connectivity index (χ2v) is 4.90. The highest BCUT2D eigenvalue weighted by Gasteiger charge is 2.25. The Morgan fingerprint density at radius 3 is 3.05 bits per heavy atom. The molecule has 104 valence electrons. The van der Waals surface area contributed by atoms with Crippen LogP contribution < -0.4 is 10.5 Å². The first-order valence-corrected chi connectivity index (χ1v) is 6.49. The van der Waals surface area contributed by atoms with Crippen molar-refractivity contribution in [2.24, 2.45) is 5.92 Å². The third kappa shape index (κ3) is 2.98. The van der Waals surface area contributed by atoms with Crippen LogP contribution in [0.2, 0.25) is 0 Å². The number of hydrogen-bond acceptors (Lipinski definition) is 4. The second-order valence-electron chi connectivity index (χ2n) is 4.90. The molecule has 1 aliphatic rings. The first kappa shape index (κ1) is 13.7. The van der Waals surface area contributed by atoms with E-state index in [0.29, 0.717) is 30.1 Å². The lowest BCUT2D eigenvalue weighted by atomic mass is 9.98. The van der Waals surface area contributed by atoms with Gasteiger partial charge in [-0.15, -0.1) is 0 Å². The molecule has 0 aromatic heterocycles. The SMILES string of the molecule is COc1ccc(N)c(C(=O)N2CCCC(CO)C2)c1. The number of piperidine rings is 1. The molecule has 0 radical (unpaired) electrons. The summed E-state index contributed by atoms with van der Waals surface area (Å²) in [5.41, 5.74) is 6.79. The molecule has 1 saturated heterocycles. The molecule has 1 fully saturated rings. The fourth-order valence-corrected chi connectivity index (χ4v) is 2.42. The number of nitrogens with zero attached hydrogens (tertiary/aromatic N) is 1. The van der Waals surface area contributed by atoms with Crippen molar-refractivity contribution in [3.8, 4) is 5.75 Å². The van der Waals surface area contributed by atoms with Gasteiger partial charge in [-0.25, -0.2) is 0 Å². The number of likely N-dealkylation sites (tertiary alicyclic amines) is 1. The van der Waals surface area contributed by atoms with Crippen molar-refractivity contribution in [1.29, 1.82) is 0 Å². The van der Waals surface area contributed by atoms with Gasteiger partial charge in [0.05, 0.1) is 12.7 Å². The molecule has 3 N–H and O–H groups in total. The Balaban J connectivity index is 2.18. The van der Waals surface area contributed by atoms with Gasteiger partial charge >= 0.3 is 0 Å². The second kappa shape index (κ2) is 5.93. The monoisotopic (exact) mass is 264 g/mol. The molecular formula is C14H20N2O3. The van der Waals surface area contributed by atoms with Gasteiger partial charge in [-0.2, -0.15) is 0 Å². The topological polar surface area (TPSA) is 75.8 Å². The zero-order valence-electron chi connectivity index (χ0n) is 11.1. The van der Waals surface area contributed by atoms with E-state index in [1.807, 2.05) is 0 Å². The van der Waals surface area contributed by atoms with Crippen molar-refractivity contribution in [1.82, 2.24) is 4.90 Å². The summed E-state index contributed by atoms with van der Waals surface area (Å²) >= 11 is 0. The van der Waals surface area contributed by atoms with E-state index >= 15 is 0 Å². The minimum atomic E-state index is -0.0884. The predicted molar refractivity (Wildman–Crippen MR) is 73.1 cm³/mol. The zero-order valence-corrected chi connectivity index (χ0v) is 11.1. The van der Waals surface area contributed by atoms with Gasteiger partial charge in [-0.3, -0.25) is 4.79 Å². The number of carbonyl (C=O) groups excluding carboxylic acids is 1. The third-order valence-electron chi connectivity index (χ3n) is 3.56. The highest BCUT2D eigenvalue weighted by Crippen LogP contribution is 2.24. The summed E-state index contributed by atoms with van der Waals surface area (Å²) in [5.74, 6) is 0.701. The van der Waals surface area contributed by atoms with E-state index in [1.54, 1.807) is 30.2 Å². The number of aliphatic hydroxyl groups excluding tert-OH is 1. The summed E-state index contributed by atoms with van der Waals surface area (Å²) < 4.78 is 5.12. The fraction of sp³-hybridized carbons (Fsp3) is 0.500.